The molecule has 21 heavy (non-hydrogen) atoms. The molecule has 7 nitrogen and oxygen atoms in total. The largest absolute Gasteiger partial charge is 0.383 e. The van der Waals surface area contributed by atoms with Gasteiger partial charge >= 0.3 is 0 Å². The van der Waals surface area contributed by atoms with E-state index in [1.54, 1.807) is 11.8 Å². The maximum absolute atomic E-state index is 11.7. The molecule has 1 fully saturated rings. The molecule has 0 aromatic carbocycles. The van der Waals surface area contributed by atoms with E-state index in [2.05, 4.69) is 15.6 Å². The monoisotopic (exact) mass is 316 g/mol. The van der Waals surface area contributed by atoms with Crippen LogP contribution in [0.5, 0.6) is 0 Å². The quantitative estimate of drug-likeness (QED) is 0.660. The molecule has 1 aliphatic heterocycles. The molecule has 1 saturated heterocycles. The van der Waals surface area contributed by atoms with E-state index in [4.69, 9.17) is 4.74 Å². The van der Waals surface area contributed by atoms with Gasteiger partial charge in [-0.3, -0.25) is 4.68 Å². The first-order valence-corrected chi connectivity index (χ1v) is 9.07. The summed E-state index contributed by atoms with van der Waals surface area (Å²) >= 11 is 0. The van der Waals surface area contributed by atoms with Gasteiger partial charge in [0.15, 0.2) is 9.84 Å². The van der Waals surface area contributed by atoms with E-state index in [0.717, 1.165) is 31.6 Å². The van der Waals surface area contributed by atoms with Crippen LogP contribution in [-0.2, 0) is 28.0 Å². The number of nitrogens with one attached hydrogen (secondary N) is 1. The molecule has 8 heteroatoms. The number of aromatic nitrogens is 3. The van der Waals surface area contributed by atoms with Crippen LogP contribution in [0.4, 0.5) is 0 Å². The van der Waals surface area contributed by atoms with Crippen LogP contribution in [0.1, 0.15) is 12.1 Å². The fourth-order valence-electron chi connectivity index (χ4n) is 2.82. The summed E-state index contributed by atoms with van der Waals surface area (Å²) in [7, 11) is 0.648. The molecule has 120 valence electrons. The number of aryl methyl sites for hydroxylation is 1. The number of hydrogen-bond donors (Lipinski definition) is 1. The number of sulfone groups is 1. The summed E-state index contributed by atoms with van der Waals surface area (Å²) in [6, 6.07) is 0. The zero-order valence-corrected chi connectivity index (χ0v) is 13.5. The Kier molecular flexibility index (Phi) is 5.72. The third-order valence-corrected chi connectivity index (χ3v) is 5.74. The standard InChI is InChI=1S/C13H24N4O3S/c1-17-9-13(15-16-17)7-12(8-14-4-5-20-2)11-3-6-21(18,19)10-11/h9,11-12,14H,3-8,10H2,1-2H3. The van der Waals surface area contributed by atoms with Crippen LogP contribution < -0.4 is 5.32 Å². The topological polar surface area (TPSA) is 86.1 Å². The van der Waals surface area contributed by atoms with Crippen LogP contribution in [0, 0.1) is 11.8 Å². The summed E-state index contributed by atoms with van der Waals surface area (Å²) in [6.07, 6.45) is 3.40. The van der Waals surface area contributed by atoms with Gasteiger partial charge in [-0.1, -0.05) is 5.21 Å². The van der Waals surface area contributed by atoms with Crippen molar-refractivity contribution in [3.8, 4) is 0 Å². The van der Waals surface area contributed by atoms with E-state index in [0.29, 0.717) is 18.1 Å². The second kappa shape index (κ2) is 7.33. The molecule has 0 saturated carbocycles. The zero-order valence-electron chi connectivity index (χ0n) is 12.7. The maximum atomic E-state index is 11.7. The molecular weight excluding hydrogens is 292 g/mol. The van der Waals surface area contributed by atoms with Crippen LogP contribution in [-0.4, -0.2) is 61.7 Å². The molecule has 0 radical (unpaired) electrons. The minimum atomic E-state index is -2.86. The Morgan fingerprint density at radius 2 is 2.38 bits per heavy atom. The minimum absolute atomic E-state index is 0.201. The normalized spacial score (nSPS) is 22.5. The predicted molar refractivity (Wildman–Crippen MR) is 79.7 cm³/mol. The molecule has 2 heterocycles. The maximum Gasteiger partial charge on any atom is 0.150 e. The second-order valence-corrected chi connectivity index (χ2v) is 7.94. The Hall–Kier alpha value is -0.990. The first-order valence-electron chi connectivity index (χ1n) is 7.25. The van der Waals surface area contributed by atoms with Gasteiger partial charge in [0.25, 0.3) is 0 Å². The van der Waals surface area contributed by atoms with E-state index < -0.39 is 9.84 Å². The van der Waals surface area contributed by atoms with Crippen LogP contribution in [0.3, 0.4) is 0 Å². The summed E-state index contributed by atoms with van der Waals surface area (Å²) in [6.45, 7) is 2.20. The van der Waals surface area contributed by atoms with E-state index >= 15 is 0 Å². The van der Waals surface area contributed by atoms with Gasteiger partial charge in [-0.25, -0.2) is 8.42 Å². The molecule has 2 unspecified atom stereocenters. The SMILES string of the molecule is COCCNCC(Cc1cn(C)nn1)C1CCS(=O)(=O)C1. The van der Waals surface area contributed by atoms with Crippen molar-refractivity contribution in [2.24, 2.45) is 18.9 Å². The van der Waals surface area contributed by atoms with Crippen LogP contribution in [0.25, 0.3) is 0 Å². The van der Waals surface area contributed by atoms with E-state index in [1.807, 2.05) is 13.2 Å². The molecule has 2 atom stereocenters. The third kappa shape index (κ3) is 5.05. The van der Waals surface area contributed by atoms with Gasteiger partial charge in [-0.15, -0.1) is 5.10 Å². The first-order chi connectivity index (χ1) is 10.00. The van der Waals surface area contributed by atoms with Crippen molar-refractivity contribution in [3.05, 3.63) is 11.9 Å². The van der Waals surface area contributed by atoms with Crippen molar-refractivity contribution in [2.45, 2.75) is 12.8 Å². The first kappa shape index (κ1) is 16.4. The van der Waals surface area contributed by atoms with Gasteiger partial charge in [0, 0.05) is 26.9 Å². The summed E-state index contributed by atoms with van der Waals surface area (Å²) in [4.78, 5) is 0. The van der Waals surface area contributed by atoms with Crippen LogP contribution in [0.2, 0.25) is 0 Å². The highest BCUT2D eigenvalue weighted by Gasteiger charge is 2.33. The number of nitrogens with zero attached hydrogens (tertiary/aromatic N) is 3. The lowest BCUT2D eigenvalue weighted by atomic mass is 9.88. The summed E-state index contributed by atoms with van der Waals surface area (Å²) in [5, 5.41) is 11.4. The average Bonchev–Trinajstić information content (AvgIpc) is 2.99. The van der Waals surface area contributed by atoms with E-state index in [1.165, 1.54) is 0 Å². The molecule has 1 aliphatic rings. The summed E-state index contributed by atoms with van der Waals surface area (Å²) < 4.78 is 30.1. The Morgan fingerprint density at radius 1 is 1.57 bits per heavy atom. The molecule has 1 N–H and O–H groups in total. The molecule has 1 aromatic rings. The van der Waals surface area contributed by atoms with Gasteiger partial charge in [-0.2, -0.15) is 0 Å². The Bertz CT molecular complexity index is 543. The molecule has 0 aliphatic carbocycles. The Labute approximate surface area is 126 Å². The van der Waals surface area contributed by atoms with Crippen molar-refractivity contribution in [3.63, 3.8) is 0 Å². The van der Waals surface area contributed by atoms with Crippen molar-refractivity contribution in [2.75, 3.05) is 38.3 Å². The lowest BCUT2D eigenvalue weighted by Crippen LogP contribution is -2.32. The molecule has 0 amide bonds. The van der Waals surface area contributed by atoms with Crippen molar-refractivity contribution in [1.29, 1.82) is 0 Å². The van der Waals surface area contributed by atoms with Crippen molar-refractivity contribution in [1.82, 2.24) is 20.3 Å². The molecule has 1 aromatic heterocycles. The minimum Gasteiger partial charge on any atom is -0.383 e. The number of methoxy groups -OCH3 is 1. The van der Waals surface area contributed by atoms with Crippen LogP contribution in [0.15, 0.2) is 6.20 Å². The van der Waals surface area contributed by atoms with Gasteiger partial charge in [0.2, 0.25) is 0 Å². The molecule has 2 rings (SSSR count). The van der Waals surface area contributed by atoms with E-state index in [-0.39, 0.29) is 11.8 Å². The average molecular weight is 316 g/mol. The molecular formula is C13H24N4O3S. The molecule has 0 spiro atoms. The highest BCUT2D eigenvalue weighted by atomic mass is 32.2. The third-order valence-electron chi connectivity index (χ3n) is 3.95. The van der Waals surface area contributed by atoms with Gasteiger partial charge in [-0.05, 0) is 31.2 Å². The predicted octanol–water partition coefficient (Wildman–Crippen LogP) is -0.355. The van der Waals surface area contributed by atoms with Crippen molar-refractivity contribution < 1.29 is 13.2 Å². The highest BCUT2D eigenvalue weighted by molar-refractivity contribution is 7.91. The second-order valence-electron chi connectivity index (χ2n) is 5.71. The lowest BCUT2D eigenvalue weighted by Gasteiger charge is -2.22. The Balaban J connectivity index is 1.96. The van der Waals surface area contributed by atoms with Crippen molar-refractivity contribution >= 4 is 9.84 Å². The summed E-state index contributed by atoms with van der Waals surface area (Å²) in [5.74, 6) is 1.07. The lowest BCUT2D eigenvalue weighted by molar-refractivity contribution is 0.195. The van der Waals surface area contributed by atoms with Gasteiger partial charge < -0.3 is 10.1 Å². The van der Waals surface area contributed by atoms with Crippen LogP contribution >= 0.6 is 0 Å². The zero-order chi connectivity index (χ0) is 15.3. The fraction of sp³-hybridized carbons (Fsp3) is 0.846. The number of rotatable bonds is 8. The fourth-order valence-corrected chi connectivity index (χ4v) is 4.74. The number of hydrogen-bond acceptors (Lipinski definition) is 6. The smallest absolute Gasteiger partial charge is 0.150 e. The number of ether oxygens (including phenoxy) is 1. The highest BCUT2D eigenvalue weighted by Crippen LogP contribution is 2.27. The van der Waals surface area contributed by atoms with Gasteiger partial charge in [0.1, 0.15) is 0 Å². The molecule has 0 bridgehead atoms. The van der Waals surface area contributed by atoms with E-state index in [9.17, 15) is 8.42 Å². The summed E-state index contributed by atoms with van der Waals surface area (Å²) in [5.41, 5.74) is 0.917. The Morgan fingerprint density at radius 3 is 2.95 bits per heavy atom. The van der Waals surface area contributed by atoms with Gasteiger partial charge in [0.05, 0.1) is 23.8 Å².